The molecule has 0 aliphatic carbocycles. The minimum absolute atomic E-state index is 0. The summed E-state index contributed by atoms with van der Waals surface area (Å²) in [5.74, 6) is 0.356. The molecule has 2 rings (SSSR count). The first-order chi connectivity index (χ1) is 10.8. The molecule has 9 heteroatoms. The van der Waals surface area contributed by atoms with Crippen LogP contribution >= 0.6 is 11.6 Å². The monoisotopic (exact) mass is 364 g/mol. The molecule has 0 aliphatic heterocycles. The summed E-state index contributed by atoms with van der Waals surface area (Å²) in [7, 11) is 0. The third-order valence-electron chi connectivity index (χ3n) is 2.82. The summed E-state index contributed by atoms with van der Waals surface area (Å²) in [6.07, 6.45) is -4.48. The van der Waals surface area contributed by atoms with Gasteiger partial charge in [-0.25, -0.2) is 0 Å². The molecule has 2 aromatic rings. The van der Waals surface area contributed by atoms with Gasteiger partial charge in [0, 0.05) is 5.56 Å². The Labute approximate surface area is 163 Å². The van der Waals surface area contributed by atoms with Crippen molar-refractivity contribution in [2.75, 3.05) is 0 Å². The summed E-state index contributed by atoms with van der Waals surface area (Å²) in [6.45, 7) is 0. The Bertz CT molecular complexity index is 793. The van der Waals surface area contributed by atoms with Crippen molar-refractivity contribution in [3.63, 3.8) is 0 Å². The van der Waals surface area contributed by atoms with Gasteiger partial charge < -0.3 is 11.4 Å². The van der Waals surface area contributed by atoms with E-state index in [-0.39, 0.29) is 47.5 Å². The van der Waals surface area contributed by atoms with Crippen LogP contribution in [0.3, 0.4) is 0 Å². The van der Waals surface area contributed by atoms with Crippen molar-refractivity contribution < 1.29 is 54.1 Å². The van der Waals surface area contributed by atoms with Crippen molar-refractivity contribution in [1.82, 2.24) is 0 Å². The fourth-order valence-electron chi connectivity index (χ4n) is 1.71. The van der Waals surface area contributed by atoms with E-state index in [2.05, 4.69) is 5.16 Å². The molecule has 0 bridgehead atoms. The SMILES string of the molecule is N#CC(=NO)c1ccc(Oc2ccc(C(F)(F)F)cc2Cl)cc1.[H-].[Na+]. The fourth-order valence-corrected chi connectivity index (χ4v) is 1.93. The number of nitriles is 1. The molecule has 0 unspecified atom stereocenters. The van der Waals surface area contributed by atoms with Gasteiger partial charge in [-0.05, 0) is 42.5 Å². The van der Waals surface area contributed by atoms with E-state index in [1.165, 1.54) is 24.3 Å². The number of alkyl halides is 3. The van der Waals surface area contributed by atoms with Gasteiger partial charge >= 0.3 is 35.7 Å². The molecule has 120 valence electrons. The minimum Gasteiger partial charge on any atom is -1.00 e. The summed E-state index contributed by atoms with van der Waals surface area (Å²) in [6, 6.07) is 10.3. The van der Waals surface area contributed by atoms with E-state index in [0.29, 0.717) is 11.3 Å². The predicted molar refractivity (Wildman–Crippen MR) is 78.0 cm³/mol. The number of nitrogens with zero attached hydrogens (tertiary/aromatic N) is 2. The van der Waals surface area contributed by atoms with Crippen LogP contribution in [0.1, 0.15) is 12.6 Å². The summed E-state index contributed by atoms with van der Waals surface area (Å²) < 4.78 is 43.1. The topological polar surface area (TPSA) is 65.6 Å². The zero-order valence-electron chi connectivity index (χ0n) is 13.3. The zero-order valence-corrected chi connectivity index (χ0v) is 15.1. The third-order valence-corrected chi connectivity index (χ3v) is 3.12. The first-order valence-electron chi connectivity index (χ1n) is 6.12. The van der Waals surface area contributed by atoms with E-state index in [9.17, 15) is 13.2 Å². The van der Waals surface area contributed by atoms with Gasteiger partial charge in [0.15, 0.2) is 5.71 Å². The van der Waals surface area contributed by atoms with Crippen LogP contribution in [-0.4, -0.2) is 10.9 Å². The Morgan fingerprint density at radius 3 is 2.29 bits per heavy atom. The summed E-state index contributed by atoms with van der Waals surface area (Å²) >= 11 is 5.79. The largest absolute Gasteiger partial charge is 1.00 e. The average molecular weight is 365 g/mol. The molecule has 0 radical (unpaired) electrons. The number of halogens is 4. The van der Waals surface area contributed by atoms with Gasteiger partial charge in [-0.15, -0.1) is 0 Å². The van der Waals surface area contributed by atoms with E-state index >= 15 is 0 Å². The van der Waals surface area contributed by atoms with Gasteiger partial charge in [0.25, 0.3) is 0 Å². The van der Waals surface area contributed by atoms with Crippen molar-refractivity contribution in [3.8, 4) is 17.6 Å². The molecule has 24 heavy (non-hydrogen) atoms. The van der Waals surface area contributed by atoms with E-state index in [4.69, 9.17) is 26.8 Å². The second-order valence-electron chi connectivity index (χ2n) is 4.33. The summed E-state index contributed by atoms with van der Waals surface area (Å²) in [4.78, 5) is 0. The molecular formula is C15H9ClF3N2NaO2. The Morgan fingerprint density at radius 2 is 1.83 bits per heavy atom. The van der Waals surface area contributed by atoms with Crippen LogP contribution in [-0.2, 0) is 6.18 Å². The molecule has 4 nitrogen and oxygen atoms in total. The number of ether oxygens (including phenoxy) is 1. The van der Waals surface area contributed by atoms with Crippen LogP contribution < -0.4 is 34.3 Å². The predicted octanol–water partition coefficient (Wildman–Crippen LogP) is 1.97. The van der Waals surface area contributed by atoms with Gasteiger partial charge in [0.1, 0.15) is 17.6 Å². The number of hydrogen-bond donors (Lipinski definition) is 1. The first-order valence-corrected chi connectivity index (χ1v) is 6.50. The van der Waals surface area contributed by atoms with E-state index in [1.807, 2.05) is 0 Å². The van der Waals surface area contributed by atoms with Gasteiger partial charge in [0.05, 0.1) is 10.6 Å². The quantitative estimate of drug-likeness (QED) is 0.392. The Kier molecular flexibility index (Phi) is 7.11. The van der Waals surface area contributed by atoms with Crippen molar-refractivity contribution in [2.24, 2.45) is 5.16 Å². The molecule has 2 aromatic carbocycles. The van der Waals surface area contributed by atoms with Crippen molar-refractivity contribution in [1.29, 1.82) is 5.26 Å². The Hall–Kier alpha value is -1.72. The normalized spacial score (nSPS) is 11.4. The molecule has 0 fully saturated rings. The van der Waals surface area contributed by atoms with E-state index in [0.717, 1.165) is 18.2 Å². The fraction of sp³-hybridized carbons (Fsp3) is 0.0667. The van der Waals surface area contributed by atoms with Crippen LogP contribution in [0.5, 0.6) is 11.5 Å². The van der Waals surface area contributed by atoms with Gasteiger partial charge in [-0.1, -0.05) is 16.8 Å². The number of oxime groups is 1. The average Bonchev–Trinajstić information content (AvgIpc) is 2.51. The smallest absolute Gasteiger partial charge is 1.00 e. The molecule has 0 atom stereocenters. The zero-order chi connectivity index (χ0) is 17.0. The molecule has 0 saturated carbocycles. The van der Waals surface area contributed by atoms with Crippen LogP contribution in [0.2, 0.25) is 5.02 Å². The van der Waals surface area contributed by atoms with Crippen molar-refractivity contribution >= 4 is 17.3 Å². The molecule has 1 N–H and O–H groups in total. The summed E-state index contributed by atoms with van der Waals surface area (Å²) in [5.41, 5.74) is -0.687. The first kappa shape index (κ1) is 20.3. The number of benzene rings is 2. The Morgan fingerprint density at radius 1 is 1.21 bits per heavy atom. The Balaban J connectivity index is 0.00000288. The van der Waals surface area contributed by atoms with Gasteiger partial charge in [-0.2, -0.15) is 18.4 Å². The van der Waals surface area contributed by atoms with Gasteiger partial charge in [-0.3, -0.25) is 0 Å². The van der Waals surface area contributed by atoms with Crippen LogP contribution in [0.25, 0.3) is 0 Å². The molecule has 0 aliphatic rings. The van der Waals surface area contributed by atoms with Crippen molar-refractivity contribution in [3.05, 3.63) is 58.6 Å². The maximum absolute atomic E-state index is 12.6. The number of rotatable bonds is 3. The second-order valence-corrected chi connectivity index (χ2v) is 4.74. The number of hydrogen-bond acceptors (Lipinski definition) is 4. The minimum atomic E-state index is -4.48. The van der Waals surface area contributed by atoms with Crippen LogP contribution in [0, 0.1) is 11.3 Å². The van der Waals surface area contributed by atoms with Crippen LogP contribution in [0.15, 0.2) is 47.6 Å². The van der Waals surface area contributed by atoms with E-state index in [1.54, 1.807) is 6.07 Å². The molecular weight excluding hydrogens is 356 g/mol. The standard InChI is InChI=1S/C15H8ClF3N2O2.Na.H/c16-12-7-10(15(17,18)19)3-6-14(12)23-11-4-1-9(2-5-11)13(8-20)21-22;;/h1-7,22H;;/q;+1;-1. The molecule has 0 aromatic heterocycles. The molecule has 0 saturated heterocycles. The molecule has 0 heterocycles. The maximum Gasteiger partial charge on any atom is 1.00 e. The second kappa shape index (κ2) is 8.40. The van der Waals surface area contributed by atoms with Crippen LogP contribution in [0.4, 0.5) is 13.2 Å². The molecule has 0 amide bonds. The summed E-state index contributed by atoms with van der Waals surface area (Å²) in [5, 5.41) is 20.0. The third kappa shape index (κ3) is 4.89. The van der Waals surface area contributed by atoms with E-state index < -0.39 is 11.7 Å². The van der Waals surface area contributed by atoms with Gasteiger partial charge in [0.2, 0.25) is 0 Å². The van der Waals surface area contributed by atoms with Crippen molar-refractivity contribution in [2.45, 2.75) is 6.18 Å². The molecule has 0 spiro atoms. The maximum atomic E-state index is 12.6.